The molecule has 0 heterocycles. The molecule has 0 aromatic heterocycles. The van der Waals surface area contributed by atoms with Gasteiger partial charge in [0.05, 0.1) is 22.6 Å². The van der Waals surface area contributed by atoms with Gasteiger partial charge in [0.2, 0.25) is 0 Å². The minimum absolute atomic E-state index is 0.221. The highest BCUT2D eigenvalue weighted by molar-refractivity contribution is 7.79. The molecule has 0 fully saturated rings. The zero-order valence-electron chi connectivity index (χ0n) is 7.49. The molecular weight excluding hydrogens is 247 g/mol. The molecule has 0 aliphatic heterocycles. The molecule has 0 saturated carbocycles. The number of rotatable bonds is 2. The Morgan fingerprint density at radius 3 is 2.67 bits per heavy atom. The molecule has 1 aromatic rings. The average Bonchev–Trinajstić information content (AvgIpc) is 2.16. The van der Waals surface area contributed by atoms with Crippen LogP contribution in [0.15, 0.2) is 17.0 Å². The number of halogens is 2. The van der Waals surface area contributed by atoms with Crippen LogP contribution in [-0.2, 0) is 15.8 Å². The van der Waals surface area contributed by atoms with E-state index in [1.807, 2.05) is 0 Å². The first-order valence-electron chi connectivity index (χ1n) is 3.65. The van der Waals surface area contributed by atoms with Crippen molar-refractivity contribution in [1.82, 2.24) is 0 Å². The van der Waals surface area contributed by atoms with Crippen LogP contribution < -0.4 is 0 Å². The van der Waals surface area contributed by atoms with Gasteiger partial charge in [-0.15, -0.1) is 0 Å². The van der Waals surface area contributed by atoms with E-state index in [-0.39, 0.29) is 9.92 Å². The summed E-state index contributed by atoms with van der Waals surface area (Å²) >= 11 is 3.12. The van der Waals surface area contributed by atoms with E-state index in [1.165, 1.54) is 0 Å². The lowest BCUT2D eigenvalue weighted by molar-refractivity contribution is 0.0595. The molecule has 0 bridgehead atoms. The Morgan fingerprint density at radius 2 is 2.20 bits per heavy atom. The number of hydrogen-bond acceptors (Lipinski definition) is 3. The fraction of sp³-hybridized carbons (Fsp3) is 0.125. The molecule has 1 N–H and O–H groups in total. The minimum Gasteiger partial charge on any atom is -0.465 e. The Labute approximate surface area is 92.3 Å². The van der Waals surface area contributed by atoms with Crippen LogP contribution in [0.25, 0.3) is 0 Å². The number of carbonyl (C=O) groups is 1. The monoisotopic (exact) mass is 252 g/mol. The maximum absolute atomic E-state index is 13.2. The highest BCUT2D eigenvalue weighted by atomic mass is 35.5. The molecule has 7 heteroatoms. The molecule has 1 atom stereocenters. The molecule has 82 valence electrons. The standard InChI is InChI=1S/C8H6ClFO4S/c1-14-8(11)4-2-7(15(12)13)5(9)3-6(4)10/h2-3H,1H3,(H,12,13). The summed E-state index contributed by atoms with van der Waals surface area (Å²) in [5, 5.41) is -0.221. The van der Waals surface area contributed by atoms with E-state index in [2.05, 4.69) is 4.74 Å². The number of benzene rings is 1. The number of esters is 1. The lowest BCUT2D eigenvalue weighted by Gasteiger charge is -2.04. The van der Waals surface area contributed by atoms with Gasteiger partial charge in [-0.2, -0.15) is 0 Å². The minimum atomic E-state index is -2.38. The van der Waals surface area contributed by atoms with Crippen molar-refractivity contribution in [3.05, 3.63) is 28.5 Å². The largest absolute Gasteiger partial charge is 0.465 e. The van der Waals surface area contributed by atoms with Crippen molar-refractivity contribution < 1.29 is 22.7 Å². The predicted molar refractivity (Wildman–Crippen MR) is 51.8 cm³/mol. The number of methoxy groups -OCH3 is 1. The van der Waals surface area contributed by atoms with E-state index in [0.717, 1.165) is 19.2 Å². The summed E-state index contributed by atoms with van der Waals surface area (Å²) in [6.45, 7) is 0. The average molecular weight is 253 g/mol. The van der Waals surface area contributed by atoms with E-state index in [4.69, 9.17) is 16.2 Å². The number of ether oxygens (including phenoxy) is 1. The van der Waals surface area contributed by atoms with Crippen LogP contribution >= 0.6 is 11.6 Å². The first-order chi connectivity index (χ1) is 6.97. The Balaban J connectivity index is 3.36. The summed E-state index contributed by atoms with van der Waals surface area (Å²) in [5.74, 6) is -1.84. The lowest BCUT2D eigenvalue weighted by Crippen LogP contribution is -2.06. The molecule has 0 aliphatic rings. The Hall–Kier alpha value is -0.980. The Morgan fingerprint density at radius 1 is 1.60 bits per heavy atom. The van der Waals surface area contributed by atoms with Crippen LogP contribution in [-0.4, -0.2) is 21.8 Å². The molecule has 1 unspecified atom stereocenters. The van der Waals surface area contributed by atoms with E-state index in [9.17, 15) is 13.4 Å². The Bertz CT molecular complexity index is 435. The summed E-state index contributed by atoms with van der Waals surface area (Å²) in [5.41, 5.74) is -0.431. The normalized spacial score (nSPS) is 12.3. The van der Waals surface area contributed by atoms with Crippen molar-refractivity contribution in [3.8, 4) is 0 Å². The Kier molecular flexibility index (Phi) is 3.78. The molecular formula is C8H6ClFO4S. The summed E-state index contributed by atoms with van der Waals surface area (Å²) in [7, 11) is 1.08. The van der Waals surface area contributed by atoms with Crippen LogP contribution in [0.5, 0.6) is 0 Å². The summed E-state index contributed by atoms with van der Waals surface area (Å²) < 4.78 is 37.0. The lowest BCUT2D eigenvalue weighted by atomic mass is 10.2. The van der Waals surface area contributed by atoms with Gasteiger partial charge in [0, 0.05) is 0 Å². The second-order valence-electron chi connectivity index (χ2n) is 2.50. The van der Waals surface area contributed by atoms with Crippen LogP contribution in [0.4, 0.5) is 4.39 Å². The molecule has 1 rings (SSSR count). The molecule has 0 spiro atoms. The van der Waals surface area contributed by atoms with Crippen molar-refractivity contribution in [2.24, 2.45) is 0 Å². The van der Waals surface area contributed by atoms with Gasteiger partial charge in [-0.1, -0.05) is 11.6 Å². The first-order valence-corrected chi connectivity index (χ1v) is 5.14. The molecule has 15 heavy (non-hydrogen) atoms. The fourth-order valence-electron chi connectivity index (χ4n) is 0.929. The first kappa shape index (κ1) is 12.1. The van der Waals surface area contributed by atoms with Gasteiger partial charge in [0.1, 0.15) is 5.82 Å². The quantitative estimate of drug-likeness (QED) is 0.644. The third-order valence-corrected chi connectivity index (χ3v) is 2.75. The number of hydrogen-bond donors (Lipinski definition) is 1. The second-order valence-corrected chi connectivity index (χ2v) is 3.85. The summed E-state index contributed by atoms with van der Waals surface area (Å²) in [6, 6.07) is 1.68. The second kappa shape index (κ2) is 4.69. The van der Waals surface area contributed by atoms with Crippen LogP contribution in [0.3, 0.4) is 0 Å². The third kappa shape index (κ3) is 2.53. The smallest absolute Gasteiger partial charge is 0.340 e. The SMILES string of the molecule is COC(=O)c1cc(S(=O)O)c(Cl)cc1F. The maximum atomic E-state index is 13.2. The third-order valence-electron chi connectivity index (χ3n) is 1.62. The van der Waals surface area contributed by atoms with Crippen molar-refractivity contribution in [1.29, 1.82) is 0 Å². The van der Waals surface area contributed by atoms with Gasteiger partial charge < -0.3 is 9.29 Å². The van der Waals surface area contributed by atoms with E-state index < -0.39 is 28.4 Å². The molecule has 1 aromatic carbocycles. The van der Waals surface area contributed by atoms with E-state index >= 15 is 0 Å². The maximum Gasteiger partial charge on any atom is 0.340 e. The summed E-state index contributed by atoms with van der Waals surface area (Å²) in [4.78, 5) is 10.8. The molecule has 0 amide bonds. The molecule has 0 aliphatic carbocycles. The predicted octanol–water partition coefficient (Wildman–Crippen LogP) is 1.85. The van der Waals surface area contributed by atoms with E-state index in [1.54, 1.807) is 0 Å². The van der Waals surface area contributed by atoms with Gasteiger partial charge in [0.25, 0.3) is 0 Å². The van der Waals surface area contributed by atoms with E-state index in [0.29, 0.717) is 0 Å². The van der Waals surface area contributed by atoms with Crippen molar-refractivity contribution in [2.75, 3.05) is 7.11 Å². The zero-order chi connectivity index (χ0) is 11.6. The van der Waals surface area contributed by atoms with Crippen LogP contribution in [0, 0.1) is 5.82 Å². The zero-order valence-corrected chi connectivity index (χ0v) is 9.06. The van der Waals surface area contributed by atoms with Gasteiger partial charge in [-0.05, 0) is 12.1 Å². The van der Waals surface area contributed by atoms with Crippen LogP contribution in [0.2, 0.25) is 5.02 Å². The number of carbonyl (C=O) groups excluding carboxylic acids is 1. The van der Waals surface area contributed by atoms with Crippen LogP contribution in [0.1, 0.15) is 10.4 Å². The highest BCUT2D eigenvalue weighted by Crippen LogP contribution is 2.23. The van der Waals surface area contributed by atoms with Crippen molar-refractivity contribution >= 4 is 28.7 Å². The topological polar surface area (TPSA) is 63.6 Å². The van der Waals surface area contributed by atoms with Crippen molar-refractivity contribution in [2.45, 2.75) is 4.90 Å². The fourth-order valence-corrected chi connectivity index (χ4v) is 1.72. The van der Waals surface area contributed by atoms with Gasteiger partial charge >= 0.3 is 5.97 Å². The summed E-state index contributed by atoms with van der Waals surface area (Å²) in [6.07, 6.45) is 0. The highest BCUT2D eigenvalue weighted by Gasteiger charge is 2.17. The van der Waals surface area contributed by atoms with Gasteiger partial charge in [0.15, 0.2) is 11.1 Å². The van der Waals surface area contributed by atoms with Gasteiger partial charge in [-0.25, -0.2) is 13.4 Å². The van der Waals surface area contributed by atoms with Gasteiger partial charge in [-0.3, -0.25) is 0 Å². The molecule has 0 saturated heterocycles. The molecule has 4 nitrogen and oxygen atoms in total. The van der Waals surface area contributed by atoms with Crippen molar-refractivity contribution in [3.63, 3.8) is 0 Å². The molecule has 0 radical (unpaired) electrons.